The molecule has 0 unspecified atom stereocenters. The van der Waals surface area contributed by atoms with Gasteiger partial charge in [0.1, 0.15) is 5.82 Å². The molecule has 1 aliphatic rings. The van der Waals surface area contributed by atoms with Crippen molar-refractivity contribution < 1.29 is 17.6 Å². The lowest BCUT2D eigenvalue weighted by Gasteiger charge is -2.36. The maximum atomic E-state index is 13.7. The standard InChI is InChI=1S/C22H16F4N2/c23-17-11-9-16(10-12-17)21(20-18(22(24,25)26)7-3-13-27-20)28-14-4-6-15-5-1-2-8-19(15)28/h1-13,21H,14H2/t21-/m0/s1. The summed E-state index contributed by atoms with van der Waals surface area (Å²) in [6, 6.07) is 14.5. The van der Waals surface area contributed by atoms with Crippen LogP contribution in [0.15, 0.2) is 72.9 Å². The lowest BCUT2D eigenvalue weighted by atomic mass is 9.94. The molecule has 0 N–H and O–H groups in total. The van der Waals surface area contributed by atoms with Crippen LogP contribution in [-0.2, 0) is 6.18 Å². The summed E-state index contributed by atoms with van der Waals surface area (Å²) in [5.41, 5.74) is 1.35. The highest BCUT2D eigenvalue weighted by Crippen LogP contribution is 2.41. The molecule has 4 rings (SSSR count). The highest BCUT2D eigenvalue weighted by molar-refractivity contribution is 5.72. The molecule has 0 amide bonds. The molecule has 2 heterocycles. The van der Waals surface area contributed by atoms with Crippen molar-refractivity contribution in [3.8, 4) is 0 Å². The first-order valence-corrected chi connectivity index (χ1v) is 8.75. The van der Waals surface area contributed by atoms with Gasteiger partial charge in [0.15, 0.2) is 0 Å². The number of rotatable bonds is 3. The largest absolute Gasteiger partial charge is 0.418 e. The molecule has 28 heavy (non-hydrogen) atoms. The van der Waals surface area contributed by atoms with Gasteiger partial charge in [-0.15, -0.1) is 0 Å². The van der Waals surface area contributed by atoms with Crippen LogP contribution in [0.25, 0.3) is 6.08 Å². The normalized spacial score (nSPS) is 14.6. The van der Waals surface area contributed by atoms with Crippen LogP contribution >= 0.6 is 0 Å². The Bertz CT molecular complexity index is 1010. The quantitative estimate of drug-likeness (QED) is 0.526. The lowest BCUT2D eigenvalue weighted by Crippen LogP contribution is -2.33. The number of hydrogen-bond donors (Lipinski definition) is 0. The number of hydrogen-bond acceptors (Lipinski definition) is 2. The Morgan fingerprint density at radius 1 is 0.929 bits per heavy atom. The molecule has 0 saturated carbocycles. The van der Waals surface area contributed by atoms with Gasteiger partial charge in [-0.05, 0) is 41.5 Å². The molecule has 1 atom stereocenters. The molecule has 0 saturated heterocycles. The fraction of sp³-hybridized carbons (Fsp3) is 0.136. The number of fused-ring (bicyclic) bond motifs is 1. The average Bonchev–Trinajstić information content (AvgIpc) is 2.69. The lowest BCUT2D eigenvalue weighted by molar-refractivity contribution is -0.138. The Hall–Kier alpha value is -3.15. The molecule has 2 aromatic carbocycles. The number of nitrogens with zero attached hydrogens (tertiary/aromatic N) is 2. The van der Waals surface area contributed by atoms with Crippen molar-refractivity contribution in [2.24, 2.45) is 0 Å². The second kappa shape index (κ2) is 7.11. The van der Waals surface area contributed by atoms with Crippen molar-refractivity contribution in [3.63, 3.8) is 0 Å². The Morgan fingerprint density at radius 3 is 2.43 bits per heavy atom. The molecule has 0 fully saturated rings. The van der Waals surface area contributed by atoms with Crippen LogP contribution in [0.4, 0.5) is 23.2 Å². The van der Waals surface area contributed by atoms with Gasteiger partial charge in [-0.25, -0.2) is 4.39 Å². The van der Waals surface area contributed by atoms with Gasteiger partial charge < -0.3 is 4.90 Å². The van der Waals surface area contributed by atoms with Crippen molar-refractivity contribution in [3.05, 3.63) is 101 Å². The van der Waals surface area contributed by atoms with Crippen LogP contribution in [0.1, 0.15) is 28.4 Å². The minimum absolute atomic E-state index is 0.105. The van der Waals surface area contributed by atoms with E-state index in [1.165, 1.54) is 36.5 Å². The van der Waals surface area contributed by atoms with Crippen molar-refractivity contribution in [1.82, 2.24) is 4.98 Å². The molecule has 0 aliphatic carbocycles. The third kappa shape index (κ3) is 3.38. The Kier molecular flexibility index (Phi) is 4.63. The summed E-state index contributed by atoms with van der Waals surface area (Å²) < 4.78 is 54.6. The summed E-state index contributed by atoms with van der Waals surface area (Å²) in [6.07, 6.45) is 0.644. The first-order valence-electron chi connectivity index (χ1n) is 8.75. The molecule has 0 spiro atoms. The zero-order valence-corrected chi connectivity index (χ0v) is 14.7. The fourth-order valence-corrected chi connectivity index (χ4v) is 3.53. The molecule has 0 bridgehead atoms. The van der Waals surface area contributed by atoms with E-state index in [0.29, 0.717) is 12.1 Å². The van der Waals surface area contributed by atoms with Gasteiger partial charge in [-0.1, -0.05) is 42.5 Å². The third-order valence-corrected chi connectivity index (χ3v) is 4.75. The van der Waals surface area contributed by atoms with Crippen molar-refractivity contribution in [2.75, 3.05) is 11.4 Å². The van der Waals surface area contributed by atoms with E-state index in [1.807, 2.05) is 41.3 Å². The van der Waals surface area contributed by atoms with E-state index in [2.05, 4.69) is 4.98 Å². The molecular formula is C22H16F4N2. The molecular weight excluding hydrogens is 368 g/mol. The van der Waals surface area contributed by atoms with Crippen molar-refractivity contribution in [2.45, 2.75) is 12.2 Å². The van der Waals surface area contributed by atoms with E-state index in [9.17, 15) is 17.6 Å². The second-order valence-corrected chi connectivity index (χ2v) is 6.50. The fourth-order valence-electron chi connectivity index (χ4n) is 3.53. The summed E-state index contributed by atoms with van der Waals surface area (Å²) in [5.74, 6) is -0.446. The van der Waals surface area contributed by atoms with E-state index in [1.54, 1.807) is 0 Å². The van der Waals surface area contributed by atoms with Crippen LogP contribution < -0.4 is 4.90 Å². The van der Waals surface area contributed by atoms with Crippen molar-refractivity contribution in [1.29, 1.82) is 0 Å². The minimum atomic E-state index is -4.55. The molecule has 6 heteroatoms. The number of halogens is 4. The zero-order chi connectivity index (χ0) is 19.7. The van der Waals surface area contributed by atoms with E-state index in [-0.39, 0.29) is 5.69 Å². The monoisotopic (exact) mass is 384 g/mol. The molecule has 2 nitrogen and oxygen atoms in total. The van der Waals surface area contributed by atoms with Gasteiger partial charge in [-0.2, -0.15) is 13.2 Å². The Labute approximate surface area is 159 Å². The highest BCUT2D eigenvalue weighted by atomic mass is 19.4. The van der Waals surface area contributed by atoms with Crippen LogP contribution in [-0.4, -0.2) is 11.5 Å². The summed E-state index contributed by atoms with van der Waals surface area (Å²) in [6.45, 7) is 0.410. The second-order valence-electron chi connectivity index (χ2n) is 6.50. The zero-order valence-electron chi connectivity index (χ0n) is 14.7. The summed E-state index contributed by atoms with van der Waals surface area (Å²) in [4.78, 5) is 5.97. The number of benzene rings is 2. The molecule has 142 valence electrons. The van der Waals surface area contributed by atoms with Gasteiger partial charge in [0.25, 0.3) is 0 Å². The molecule has 0 radical (unpaired) electrons. The maximum Gasteiger partial charge on any atom is 0.418 e. The number of para-hydroxylation sites is 1. The van der Waals surface area contributed by atoms with Crippen molar-refractivity contribution >= 4 is 11.8 Å². The minimum Gasteiger partial charge on any atom is -0.355 e. The summed E-state index contributed by atoms with van der Waals surface area (Å²) in [7, 11) is 0. The van der Waals surface area contributed by atoms with Crippen LogP contribution in [0.2, 0.25) is 0 Å². The summed E-state index contributed by atoms with van der Waals surface area (Å²) in [5, 5.41) is 0. The Morgan fingerprint density at radius 2 is 1.68 bits per heavy atom. The average molecular weight is 384 g/mol. The number of anilines is 1. The Balaban J connectivity index is 1.93. The van der Waals surface area contributed by atoms with E-state index >= 15 is 0 Å². The van der Waals surface area contributed by atoms with Crippen LogP contribution in [0, 0.1) is 5.82 Å². The SMILES string of the molecule is Fc1ccc([C@@H](c2ncccc2C(F)(F)F)N2CC=Cc3ccccc32)cc1. The predicted octanol–water partition coefficient (Wildman–Crippen LogP) is 5.86. The number of pyridine rings is 1. The van der Waals surface area contributed by atoms with E-state index in [0.717, 1.165) is 17.3 Å². The van der Waals surface area contributed by atoms with Gasteiger partial charge in [0.2, 0.25) is 0 Å². The summed E-state index contributed by atoms with van der Waals surface area (Å²) >= 11 is 0. The topological polar surface area (TPSA) is 16.1 Å². The van der Waals surface area contributed by atoms with Crippen LogP contribution in [0.5, 0.6) is 0 Å². The van der Waals surface area contributed by atoms with Gasteiger partial charge >= 0.3 is 6.18 Å². The molecule has 1 aliphatic heterocycles. The first kappa shape index (κ1) is 18.2. The number of aromatic nitrogens is 1. The van der Waals surface area contributed by atoms with Gasteiger partial charge in [0.05, 0.1) is 17.3 Å². The number of alkyl halides is 3. The predicted molar refractivity (Wildman–Crippen MR) is 100 cm³/mol. The first-order chi connectivity index (χ1) is 13.4. The van der Waals surface area contributed by atoms with E-state index in [4.69, 9.17) is 0 Å². The van der Waals surface area contributed by atoms with Gasteiger partial charge in [0, 0.05) is 18.4 Å². The maximum absolute atomic E-state index is 13.7. The molecule has 1 aromatic heterocycles. The van der Waals surface area contributed by atoms with E-state index < -0.39 is 23.6 Å². The highest BCUT2D eigenvalue weighted by Gasteiger charge is 2.38. The third-order valence-electron chi connectivity index (χ3n) is 4.75. The molecule has 3 aromatic rings. The van der Waals surface area contributed by atoms with Crippen LogP contribution in [0.3, 0.4) is 0 Å². The smallest absolute Gasteiger partial charge is 0.355 e. The van der Waals surface area contributed by atoms with Gasteiger partial charge in [-0.3, -0.25) is 4.98 Å².